The monoisotopic (exact) mass is 477 g/mol. The molecule has 2 aromatic carbocycles. The highest BCUT2D eigenvalue weighted by molar-refractivity contribution is 7.15. The van der Waals surface area contributed by atoms with Gasteiger partial charge >= 0.3 is 0 Å². The molecule has 0 aliphatic carbocycles. The van der Waals surface area contributed by atoms with Crippen molar-refractivity contribution in [1.29, 1.82) is 0 Å². The summed E-state index contributed by atoms with van der Waals surface area (Å²) in [7, 11) is 0. The average molecular weight is 478 g/mol. The molecule has 1 aliphatic heterocycles. The van der Waals surface area contributed by atoms with Crippen LogP contribution < -0.4 is 10.3 Å². The summed E-state index contributed by atoms with van der Waals surface area (Å²) >= 11 is 1.33. The third-order valence-electron chi connectivity index (χ3n) is 6.00. The van der Waals surface area contributed by atoms with Gasteiger partial charge in [-0.15, -0.1) is 10.2 Å². The normalized spacial score (nSPS) is 15.7. The number of carbonyl (C=O) groups excluding carboxylic acids is 1. The Kier molecular flexibility index (Phi) is 5.56. The molecular weight excluding hydrogens is 453 g/mol. The molecule has 2 aromatic heterocycles. The van der Waals surface area contributed by atoms with Crippen LogP contribution in [0.15, 0.2) is 51.7 Å². The lowest BCUT2D eigenvalue weighted by molar-refractivity contribution is 0.0970. The van der Waals surface area contributed by atoms with Gasteiger partial charge in [-0.1, -0.05) is 63.3 Å². The molecule has 0 N–H and O–H groups in total. The lowest BCUT2D eigenvalue weighted by Crippen LogP contribution is -2.29. The zero-order valence-electron chi connectivity index (χ0n) is 19.3. The van der Waals surface area contributed by atoms with Crippen molar-refractivity contribution >= 4 is 33.3 Å². The first-order valence-corrected chi connectivity index (χ1v) is 12.1. The van der Waals surface area contributed by atoms with Crippen molar-refractivity contribution < 1.29 is 13.6 Å². The Morgan fingerprint density at radius 2 is 1.79 bits per heavy atom. The molecule has 1 atom stereocenters. The number of hydrogen-bond acceptors (Lipinski definition) is 6. The van der Waals surface area contributed by atoms with Crippen molar-refractivity contribution in [2.45, 2.75) is 46.1 Å². The molecule has 1 unspecified atom stereocenters. The van der Waals surface area contributed by atoms with E-state index < -0.39 is 23.2 Å². The maximum Gasteiger partial charge on any atom is 0.297 e. The Morgan fingerprint density at radius 3 is 2.47 bits per heavy atom. The molecular formula is C26H24FN3O3S. The van der Waals surface area contributed by atoms with E-state index in [0.717, 1.165) is 28.6 Å². The van der Waals surface area contributed by atoms with Crippen LogP contribution in [0, 0.1) is 11.7 Å². The fraction of sp³-hybridized carbons (Fsp3) is 0.308. The highest BCUT2D eigenvalue weighted by Crippen LogP contribution is 2.42. The molecule has 5 rings (SSSR count). The van der Waals surface area contributed by atoms with Crippen molar-refractivity contribution in [2.75, 3.05) is 4.90 Å². The summed E-state index contributed by atoms with van der Waals surface area (Å²) < 4.78 is 19.8. The zero-order valence-corrected chi connectivity index (χ0v) is 20.1. The summed E-state index contributed by atoms with van der Waals surface area (Å²) in [5.41, 5.74) is 1.84. The summed E-state index contributed by atoms with van der Waals surface area (Å²) in [6.45, 7) is 8.37. The molecule has 0 saturated carbocycles. The van der Waals surface area contributed by atoms with Crippen LogP contribution in [0.4, 0.5) is 9.52 Å². The number of carbonyl (C=O) groups is 1. The van der Waals surface area contributed by atoms with Gasteiger partial charge in [0.05, 0.1) is 17.0 Å². The maximum atomic E-state index is 14.0. The van der Waals surface area contributed by atoms with Crippen molar-refractivity contribution in [3.8, 4) is 0 Å². The van der Waals surface area contributed by atoms with Crippen molar-refractivity contribution in [1.82, 2.24) is 10.2 Å². The molecule has 0 spiro atoms. The van der Waals surface area contributed by atoms with Gasteiger partial charge in [0.1, 0.15) is 16.4 Å². The minimum absolute atomic E-state index is 0.0392. The largest absolute Gasteiger partial charge is 0.450 e. The summed E-state index contributed by atoms with van der Waals surface area (Å²) in [4.78, 5) is 28.7. The Bertz CT molecular complexity index is 1460. The minimum Gasteiger partial charge on any atom is -0.450 e. The second kappa shape index (κ2) is 8.43. The van der Waals surface area contributed by atoms with Gasteiger partial charge in [-0.25, -0.2) is 4.39 Å². The van der Waals surface area contributed by atoms with E-state index in [1.165, 1.54) is 28.4 Å². The van der Waals surface area contributed by atoms with Crippen molar-refractivity contribution in [3.05, 3.63) is 86.0 Å². The first-order chi connectivity index (χ1) is 16.2. The van der Waals surface area contributed by atoms with Crippen molar-refractivity contribution in [2.24, 2.45) is 5.92 Å². The van der Waals surface area contributed by atoms with Gasteiger partial charge in [-0.3, -0.25) is 14.5 Å². The number of hydrogen-bond donors (Lipinski definition) is 0. The Labute approximate surface area is 200 Å². The molecule has 34 heavy (non-hydrogen) atoms. The highest BCUT2D eigenvalue weighted by Gasteiger charge is 2.45. The number of fused-ring (bicyclic) bond motifs is 2. The molecule has 0 bridgehead atoms. The van der Waals surface area contributed by atoms with Crippen LogP contribution in [0.5, 0.6) is 0 Å². The number of anilines is 1. The van der Waals surface area contributed by atoms with Gasteiger partial charge in [0, 0.05) is 6.42 Å². The van der Waals surface area contributed by atoms with E-state index in [9.17, 15) is 14.0 Å². The van der Waals surface area contributed by atoms with E-state index in [0.29, 0.717) is 17.0 Å². The molecule has 0 radical (unpaired) electrons. The molecule has 3 heterocycles. The van der Waals surface area contributed by atoms with Crippen LogP contribution in [0.25, 0.3) is 11.0 Å². The van der Waals surface area contributed by atoms with E-state index in [-0.39, 0.29) is 22.3 Å². The summed E-state index contributed by atoms with van der Waals surface area (Å²) in [5.74, 6) is -0.316. The lowest BCUT2D eigenvalue weighted by atomic mass is 9.95. The van der Waals surface area contributed by atoms with Crippen LogP contribution in [0.2, 0.25) is 0 Å². The smallest absolute Gasteiger partial charge is 0.297 e. The van der Waals surface area contributed by atoms with E-state index >= 15 is 0 Å². The van der Waals surface area contributed by atoms with Crippen LogP contribution in [-0.2, 0) is 6.42 Å². The summed E-state index contributed by atoms with van der Waals surface area (Å²) in [5, 5.41) is 9.88. The fourth-order valence-electron chi connectivity index (χ4n) is 4.29. The SMILES string of the molecule is CC(C)Cc1nnc(N2C(=O)c3oc4ccc(F)cc4c(=O)c3C2c2ccc(C(C)C)cc2)s1. The summed E-state index contributed by atoms with van der Waals surface area (Å²) in [6.07, 6.45) is 0.737. The van der Waals surface area contributed by atoms with Gasteiger partial charge in [-0.2, -0.15) is 0 Å². The minimum atomic E-state index is -0.743. The molecule has 0 saturated heterocycles. The predicted molar refractivity (Wildman–Crippen MR) is 130 cm³/mol. The third-order valence-corrected chi connectivity index (χ3v) is 6.94. The van der Waals surface area contributed by atoms with E-state index in [4.69, 9.17) is 4.42 Å². The quantitative estimate of drug-likeness (QED) is 0.360. The molecule has 1 aliphatic rings. The highest BCUT2D eigenvalue weighted by atomic mass is 32.1. The molecule has 1 amide bonds. The van der Waals surface area contributed by atoms with Crippen LogP contribution in [0.1, 0.15) is 71.9 Å². The Hall–Kier alpha value is -3.39. The topological polar surface area (TPSA) is 76.3 Å². The van der Waals surface area contributed by atoms with Crippen LogP contribution in [0.3, 0.4) is 0 Å². The van der Waals surface area contributed by atoms with E-state index in [1.54, 1.807) is 0 Å². The molecule has 174 valence electrons. The Morgan fingerprint density at radius 1 is 1.06 bits per heavy atom. The van der Waals surface area contributed by atoms with Gasteiger partial charge in [0.25, 0.3) is 5.91 Å². The standard InChI is InChI=1S/C26H24FN3O3S/c1-13(2)11-20-28-29-26(34-20)30-22(16-7-5-15(6-8-16)14(3)4)21-23(31)18-12-17(27)9-10-19(18)33-24(21)25(30)32/h5-10,12-14,22H,11H2,1-4H3. The van der Waals surface area contributed by atoms with Gasteiger partial charge in [0.2, 0.25) is 10.9 Å². The lowest BCUT2D eigenvalue weighted by Gasteiger charge is -2.22. The number of halogens is 1. The second-order valence-corrected chi connectivity index (χ2v) is 10.3. The van der Waals surface area contributed by atoms with Gasteiger partial charge in [-0.05, 0) is 41.2 Å². The zero-order chi connectivity index (χ0) is 24.1. The molecule has 4 aromatic rings. The van der Waals surface area contributed by atoms with Crippen molar-refractivity contribution in [3.63, 3.8) is 0 Å². The fourth-order valence-corrected chi connectivity index (χ4v) is 5.37. The average Bonchev–Trinajstić information content (AvgIpc) is 3.36. The first-order valence-electron chi connectivity index (χ1n) is 11.3. The summed E-state index contributed by atoms with van der Waals surface area (Å²) in [6, 6.07) is 10.8. The number of aromatic nitrogens is 2. The van der Waals surface area contributed by atoms with Gasteiger partial charge < -0.3 is 4.42 Å². The Balaban J connectivity index is 1.72. The second-order valence-electron chi connectivity index (χ2n) is 9.29. The van der Waals surface area contributed by atoms with Crippen LogP contribution >= 0.6 is 11.3 Å². The molecule has 8 heteroatoms. The molecule has 0 fully saturated rings. The van der Waals surface area contributed by atoms with E-state index in [1.807, 2.05) is 24.3 Å². The number of benzene rings is 2. The van der Waals surface area contributed by atoms with Gasteiger partial charge in [0.15, 0.2) is 5.43 Å². The third kappa shape index (κ3) is 3.72. The van der Waals surface area contributed by atoms with E-state index in [2.05, 4.69) is 37.9 Å². The molecule has 6 nitrogen and oxygen atoms in total. The number of amides is 1. The maximum absolute atomic E-state index is 14.0. The number of nitrogens with zero attached hydrogens (tertiary/aromatic N) is 3. The predicted octanol–water partition coefficient (Wildman–Crippen LogP) is 5.86. The van der Waals surface area contributed by atoms with Crippen LogP contribution in [-0.4, -0.2) is 16.1 Å². The first kappa shape index (κ1) is 22.4. The number of rotatable bonds is 5.